The SMILES string of the molecule is NC(=CC=Nc1nc(NCC2CC2)nc(Nc2ccnc(C(F)(F)F)c2)n1)C(F)(F)F. The molecule has 2 aromatic heterocycles. The summed E-state index contributed by atoms with van der Waals surface area (Å²) in [5, 5.41) is 5.53. The van der Waals surface area contributed by atoms with Gasteiger partial charge in [-0.3, -0.25) is 4.98 Å². The molecule has 1 fully saturated rings. The number of hydrogen-bond acceptors (Lipinski definition) is 8. The van der Waals surface area contributed by atoms with Crippen LogP contribution in [0.15, 0.2) is 35.1 Å². The topological polar surface area (TPSA) is 114 Å². The van der Waals surface area contributed by atoms with Crippen LogP contribution in [0.25, 0.3) is 0 Å². The van der Waals surface area contributed by atoms with E-state index in [1.165, 1.54) is 6.07 Å². The number of nitrogens with one attached hydrogen (secondary N) is 2. The molecular formula is C17H16F6N8. The lowest BCUT2D eigenvalue weighted by Gasteiger charge is -2.10. The largest absolute Gasteiger partial charge is 0.433 e. The molecule has 4 N–H and O–H groups in total. The Bertz CT molecular complexity index is 981. The number of nitrogens with zero attached hydrogens (tertiary/aromatic N) is 5. The molecule has 0 aromatic carbocycles. The highest BCUT2D eigenvalue weighted by molar-refractivity contribution is 5.74. The molecule has 0 spiro atoms. The van der Waals surface area contributed by atoms with Gasteiger partial charge in [-0.1, -0.05) is 0 Å². The Morgan fingerprint density at radius 2 is 1.84 bits per heavy atom. The van der Waals surface area contributed by atoms with Gasteiger partial charge in [0.15, 0.2) is 0 Å². The maximum absolute atomic E-state index is 12.8. The van der Waals surface area contributed by atoms with Gasteiger partial charge in [0.25, 0.3) is 5.95 Å². The van der Waals surface area contributed by atoms with E-state index in [0.29, 0.717) is 18.5 Å². The van der Waals surface area contributed by atoms with Crippen LogP contribution in [0.4, 0.5) is 49.9 Å². The number of anilines is 3. The van der Waals surface area contributed by atoms with Gasteiger partial charge in [0, 0.05) is 24.6 Å². The fourth-order valence-corrected chi connectivity index (χ4v) is 2.19. The summed E-state index contributed by atoms with van der Waals surface area (Å²) in [6, 6.07) is 2.03. The van der Waals surface area contributed by atoms with Crippen LogP contribution in [-0.4, -0.2) is 38.9 Å². The molecule has 14 heteroatoms. The second kappa shape index (κ2) is 8.73. The predicted octanol–water partition coefficient (Wildman–Crippen LogP) is 3.96. The first-order chi connectivity index (χ1) is 14.5. The van der Waals surface area contributed by atoms with E-state index in [9.17, 15) is 26.3 Å². The number of halogens is 6. The summed E-state index contributed by atoms with van der Waals surface area (Å²) in [6.45, 7) is 0.557. The molecule has 1 aliphatic carbocycles. The van der Waals surface area contributed by atoms with Crippen LogP contribution < -0.4 is 16.4 Å². The van der Waals surface area contributed by atoms with Crippen molar-refractivity contribution in [2.75, 3.05) is 17.2 Å². The van der Waals surface area contributed by atoms with Crippen LogP contribution in [0.1, 0.15) is 18.5 Å². The van der Waals surface area contributed by atoms with Crippen LogP contribution in [0, 0.1) is 5.92 Å². The van der Waals surface area contributed by atoms with Crippen molar-refractivity contribution in [3.63, 3.8) is 0 Å². The number of hydrogen-bond donors (Lipinski definition) is 3. The molecule has 1 aliphatic rings. The molecular weight excluding hydrogens is 430 g/mol. The summed E-state index contributed by atoms with van der Waals surface area (Å²) in [5.74, 6) is 0.0817. The number of nitrogens with two attached hydrogens (primary N) is 1. The zero-order valence-electron chi connectivity index (χ0n) is 15.7. The van der Waals surface area contributed by atoms with Crippen molar-refractivity contribution >= 4 is 29.7 Å². The fourth-order valence-electron chi connectivity index (χ4n) is 2.19. The van der Waals surface area contributed by atoms with Gasteiger partial charge in [0.05, 0.1) is 0 Å². The predicted molar refractivity (Wildman–Crippen MR) is 100 cm³/mol. The molecule has 1 saturated carbocycles. The molecule has 0 radical (unpaired) electrons. The minimum Gasteiger partial charge on any atom is -0.395 e. The standard InChI is InChI=1S/C17H16F6N8/c18-16(19,20)11(24)4-6-26-13-29-14(27-8-9-1-2-9)31-15(30-13)28-10-3-5-25-12(7-10)17(21,22)23/h3-7,9H,1-2,8,24H2,(H2,25,27,28,29,30,31). The third-order valence-electron chi connectivity index (χ3n) is 3.95. The van der Waals surface area contributed by atoms with E-state index in [1.54, 1.807) is 0 Å². The molecule has 0 unspecified atom stereocenters. The Hall–Kier alpha value is -3.45. The van der Waals surface area contributed by atoms with Crippen molar-refractivity contribution in [2.45, 2.75) is 25.2 Å². The van der Waals surface area contributed by atoms with E-state index in [2.05, 4.69) is 35.6 Å². The summed E-state index contributed by atoms with van der Waals surface area (Å²) in [7, 11) is 0. The summed E-state index contributed by atoms with van der Waals surface area (Å²) in [6.07, 6.45) is -5.03. The van der Waals surface area contributed by atoms with E-state index >= 15 is 0 Å². The fraction of sp³-hybridized carbons (Fsp3) is 0.353. The van der Waals surface area contributed by atoms with Gasteiger partial charge in [0.2, 0.25) is 11.9 Å². The maximum atomic E-state index is 12.8. The van der Waals surface area contributed by atoms with Crippen LogP contribution in [0.3, 0.4) is 0 Å². The Kier molecular flexibility index (Phi) is 6.27. The molecule has 0 atom stereocenters. The monoisotopic (exact) mass is 446 g/mol. The van der Waals surface area contributed by atoms with Gasteiger partial charge < -0.3 is 16.4 Å². The highest BCUT2D eigenvalue weighted by Gasteiger charge is 2.32. The molecule has 0 bridgehead atoms. The lowest BCUT2D eigenvalue weighted by atomic mass is 10.3. The molecule has 31 heavy (non-hydrogen) atoms. The average Bonchev–Trinajstić information content (AvgIpc) is 3.49. The van der Waals surface area contributed by atoms with Gasteiger partial charge in [-0.2, -0.15) is 41.3 Å². The number of rotatable bonds is 7. The number of aromatic nitrogens is 4. The van der Waals surface area contributed by atoms with Crippen molar-refractivity contribution in [3.05, 3.63) is 35.8 Å². The zero-order valence-corrected chi connectivity index (χ0v) is 15.7. The number of alkyl halides is 6. The molecule has 0 saturated heterocycles. The van der Waals surface area contributed by atoms with Gasteiger partial charge >= 0.3 is 12.4 Å². The molecule has 166 valence electrons. The van der Waals surface area contributed by atoms with E-state index < -0.39 is 23.7 Å². The summed E-state index contributed by atoms with van der Waals surface area (Å²) in [4.78, 5) is 18.9. The minimum absolute atomic E-state index is 0.00203. The van der Waals surface area contributed by atoms with E-state index in [4.69, 9.17) is 5.73 Å². The Labute approximate surface area is 171 Å². The molecule has 2 aromatic rings. The van der Waals surface area contributed by atoms with Gasteiger partial charge in [0.1, 0.15) is 11.4 Å². The second-order valence-corrected chi connectivity index (χ2v) is 6.56. The molecule has 3 rings (SSSR count). The van der Waals surface area contributed by atoms with Crippen molar-refractivity contribution in [3.8, 4) is 0 Å². The second-order valence-electron chi connectivity index (χ2n) is 6.56. The summed E-state index contributed by atoms with van der Waals surface area (Å²) in [5.41, 5.74) is 2.39. The lowest BCUT2D eigenvalue weighted by Crippen LogP contribution is -2.19. The lowest BCUT2D eigenvalue weighted by molar-refractivity contribution is -0.141. The van der Waals surface area contributed by atoms with E-state index in [0.717, 1.165) is 31.3 Å². The number of aliphatic imine (C=N–C) groups is 1. The molecule has 0 amide bonds. The van der Waals surface area contributed by atoms with Crippen LogP contribution >= 0.6 is 0 Å². The van der Waals surface area contributed by atoms with Gasteiger partial charge in [-0.05, 0) is 37.0 Å². The van der Waals surface area contributed by atoms with Crippen molar-refractivity contribution in [1.82, 2.24) is 19.9 Å². The normalized spacial score (nSPS) is 15.4. The summed E-state index contributed by atoms with van der Waals surface area (Å²) >= 11 is 0. The first kappa shape index (κ1) is 22.2. The van der Waals surface area contributed by atoms with Crippen LogP contribution in [0.5, 0.6) is 0 Å². The molecule has 2 heterocycles. The van der Waals surface area contributed by atoms with Gasteiger partial charge in [-0.15, -0.1) is 0 Å². The highest BCUT2D eigenvalue weighted by Crippen LogP contribution is 2.30. The molecule has 8 nitrogen and oxygen atoms in total. The van der Waals surface area contributed by atoms with Crippen molar-refractivity contribution in [1.29, 1.82) is 0 Å². The third kappa shape index (κ3) is 6.79. The van der Waals surface area contributed by atoms with Crippen molar-refractivity contribution in [2.24, 2.45) is 16.6 Å². The van der Waals surface area contributed by atoms with Crippen LogP contribution in [0.2, 0.25) is 0 Å². The smallest absolute Gasteiger partial charge is 0.395 e. The highest BCUT2D eigenvalue weighted by atomic mass is 19.4. The summed E-state index contributed by atoms with van der Waals surface area (Å²) < 4.78 is 75.9. The third-order valence-corrected chi connectivity index (χ3v) is 3.95. The number of pyridine rings is 1. The Morgan fingerprint density at radius 3 is 2.48 bits per heavy atom. The first-order valence-corrected chi connectivity index (χ1v) is 8.88. The van der Waals surface area contributed by atoms with Crippen LogP contribution in [-0.2, 0) is 6.18 Å². The molecule has 0 aliphatic heterocycles. The minimum atomic E-state index is -4.72. The average molecular weight is 446 g/mol. The van der Waals surface area contributed by atoms with Gasteiger partial charge in [-0.25, -0.2) is 4.99 Å². The Morgan fingerprint density at radius 1 is 1.13 bits per heavy atom. The first-order valence-electron chi connectivity index (χ1n) is 8.88. The van der Waals surface area contributed by atoms with E-state index in [1.807, 2.05) is 0 Å². The van der Waals surface area contributed by atoms with Crippen molar-refractivity contribution < 1.29 is 26.3 Å². The number of allylic oxidation sites excluding steroid dienone is 2. The van der Waals surface area contributed by atoms with E-state index in [-0.39, 0.29) is 23.5 Å². The quantitative estimate of drug-likeness (QED) is 0.436. The Balaban J connectivity index is 1.84. The zero-order chi connectivity index (χ0) is 22.6. The maximum Gasteiger partial charge on any atom is 0.433 e.